The van der Waals surface area contributed by atoms with Crippen LogP contribution in [0, 0.1) is 0 Å². The summed E-state index contributed by atoms with van der Waals surface area (Å²) in [6, 6.07) is 9.73. The standard InChI is InChI=1S/C15H22N2O2/c1-2-14(17-10-6-7-11-17)16-15(18)19-12-13-8-4-3-5-9-13/h3-5,8-9,14H,2,6-7,10-12H2,1H3,(H,16,18)/t14-/m0/s1. The highest BCUT2D eigenvalue weighted by Crippen LogP contribution is 2.12. The Morgan fingerprint density at radius 2 is 2.00 bits per heavy atom. The zero-order valence-corrected chi connectivity index (χ0v) is 11.5. The fraction of sp³-hybridized carbons (Fsp3) is 0.533. The quantitative estimate of drug-likeness (QED) is 0.887. The number of likely N-dealkylation sites (tertiary alicyclic amines) is 1. The average Bonchev–Trinajstić information content (AvgIpc) is 2.97. The largest absolute Gasteiger partial charge is 0.445 e. The van der Waals surface area contributed by atoms with Crippen LogP contribution in [-0.4, -0.2) is 30.2 Å². The molecule has 2 rings (SSSR count). The van der Waals surface area contributed by atoms with Crippen LogP contribution in [0.25, 0.3) is 0 Å². The molecule has 0 spiro atoms. The van der Waals surface area contributed by atoms with Crippen molar-refractivity contribution in [1.82, 2.24) is 10.2 Å². The summed E-state index contributed by atoms with van der Waals surface area (Å²) in [5.41, 5.74) is 1.01. The van der Waals surface area contributed by atoms with Crippen LogP contribution >= 0.6 is 0 Å². The Kier molecular flexibility index (Phi) is 5.21. The van der Waals surface area contributed by atoms with E-state index in [2.05, 4.69) is 17.1 Å². The second kappa shape index (κ2) is 7.14. The summed E-state index contributed by atoms with van der Waals surface area (Å²) in [5.74, 6) is 0. The number of benzene rings is 1. The molecule has 104 valence electrons. The van der Waals surface area contributed by atoms with Gasteiger partial charge in [0.2, 0.25) is 0 Å². The topological polar surface area (TPSA) is 41.6 Å². The van der Waals surface area contributed by atoms with Crippen molar-refractivity contribution in [1.29, 1.82) is 0 Å². The third kappa shape index (κ3) is 4.24. The Labute approximate surface area is 114 Å². The maximum absolute atomic E-state index is 11.8. The number of ether oxygens (including phenoxy) is 1. The van der Waals surface area contributed by atoms with Crippen molar-refractivity contribution in [2.75, 3.05) is 13.1 Å². The van der Waals surface area contributed by atoms with Gasteiger partial charge in [-0.25, -0.2) is 4.79 Å². The van der Waals surface area contributed by atoms with Gasteiger partial charge in [0.15, 0.2) is 0 Å². The normalized spacial score (nSPS) is 17.1. The smallest absolute Gasteiger partial charge is 0.408 e. The van der Waals surface area contributed by atoms with Crippen LogP contribution in [0.4, 0.5) is 4.79 Å². The van der Waals surface area contributed by atoms with Crippen LogP contribution in [-0.2, 0) is 11.3 Å². The molecular formula is C15H22N2O2. The van der Waals surface area contributed by atoms with Gasteiger partial charge >= 0.3 is 6.09 Å². The number of hydrogen-bond donors (Lipinski definition) is 1. The van der Waals surface area contributed by atoms with Gasteiger partial charge in [-0.1, -0.05) is 37.3 Å². The minimum atomic E-state index is -0.331. The maximum Gasteiger partial charge on any atom is 0.408 e. The number of rotatable bonds is 5. The molecule has 4 heteroatoms. The van der Waals surface area contributed by atoms with Crippen molar-refractivity contribution in [2.45, 2.75) is 39.0 Å². The summed E-state index contributed by atoms with van der Waals surface area (Å²) in [4.78, 5) is 14.1. The first-order valence-corrected chi connectivity index (χ1v) is 7.01. The number of nitrogens with one attached hydrogen (secondary N) is 1. The van der Waals surface area contributed by atoms with Crippen molar-refractivity contribution in [2.24, 2.45) is 0 Å². The minimum Gasteiger partial charge on any atom is -0.445 e. The van der Waals surface area contributed by atoms with E-state index in [4.69, 9.17) is 4.74 Å². The van der Waals surface area contributed by atoms with Crippen molar-refractivity contribution >= 4 is 6.09 Å². The molecule has 1 aromatic carbocycles. The zero-order valence-electron chi connectivity index (χ0n) is 11.5. The van der Waals surface area contributed by atoms with Crippen molar-refractivity contribution < 1.29 is 9.53 Å². The predicted molar refractivity (Wildman–Crippen MR) is 74.6 cm³/mol. The molecule has 0 saturated carbocycles. The fourth-order valence-corrected chi connectivity index (χ4v) is 2.41. The maximum atomic E-state index is 11.8. The summed E-state index contributed by atoms with van der Waals surface area (Å²) >= 11 is 0. The molecule has 1 aromatic rings. The Balaban J connectivity index is 1.76. The van der Waals surface area contributed by atoms with E-state index in [1.165, 1.54) is 12.8 Å². The molecule has 19 heavy (non-hydrogen) atoms. The highest BCUT2D eigenvalue weighted by molar-refractivity contribution is 5.67. The van der Waals surface area contributed by atoms with Crippen molar-refractivity contribution in [3.8, 4) is 0 Å². The number of amides is 1. The Bertz CT molecular complexity index is 388. The van der Waals surface area contributed by atoms with E-state index in [1.54, 1.807) is 0 Å². The monoisotopic (exact) mass is 262 g/mol. The molecule has 1 aliphatic heterocycles. The van der Waals surface area contributed by atoms with E-state index in [9.17, 15) is 4.79 Å². The van der Waals surface area contributed by atoms with Gasteiger partial charge in [-0.3, -0.25) is 4.90 Å². The van der Waals surface area contributed by atoms with Gasteiger partial charge in [0.1, 0.15) is 6.61 Å². The van der Waals surface area contributed by atoms with E-state index in [-0.39, 0.29) is 12.3 Å². The van der Waals surface area contributed by atoms with Gasteiger partial charge in [-0.2, -0.15) is 0 Å². The molecule has 1 saturated heterocycles. The molecule has 1 heterocycles. The van der Waals surface area contributed by atoms with E-state index >= 15 is 0 Å². The summed E-state index contributed by atoms with van der Waals surface area (Å²) < 4.78 is 5.24. The van der Waals surface area contributed by atoms with Crippen LogP contribution < -0.4 is 5.32 Å². The predicted octanol–water partition coefficient (Wildman–Crippen LogP) is 2.74. The Morgan fingerprint density at radius 3 is 2.63 bits per heavy atom. The molecule has 0 aliphatic carbocycles. The number of hydrogen-bond acceptors (Lipinski definition) is 3. The molecule has 1 amide bonds. The second-order valence-corrected chi connectivity index (χ2v) is 4.87. The van der Waals surface area contributed by atoms with Gasteiger partial charge in [-0.05, 0) is 24.8 Å². The van der Waals surface area contributed by atoms with E-state index in [0.29, 0.717) is 6.61 Å². The Morgan fingerprint density at radius 1 is 1.32 bits per heavy atom. The van der Waals surface area contributed by atoms with Crippen LogP contribution in [0.15, 0.2) is 30.3 Å². The fourth-order valence-electron chi connectivity index (χ4n) is 2.41. The summed E-state index contributed by atoms with van der Waals surface area (Å²) in [5, 5.41) is 2.94. The van der Waals surface area contributed by atoms with Gasteiger partial charge in [0, 0.05) is 13.1 Å². The van der Waals surface area contributed by atoms with Crippen LogP contribution in [0.5, 0.6) is 0 Å². The van der Waals surface area contributed by atoms with Crippen molar-refractivity contribution in [3.63, 3.8) is 0 Å². The zero-order chi connectivity index (χ0) is 13.5. The number of nitrogens with zero attached hydrogens (tertiary/aromatic N) is 1. The average molecular weight is 262 g/mol. The molecule has 0 aromatic heterocycles. The lowest BCUT2D eigenvalue weighted by molar-refractivity contribution is 0.116. The van der Waals surface area contributed by atoms with E-state index in [1.807, 2.05) is 30.3 Å². The number of carbonyl (C=O) groups is 1. The van der Waals surface area contributed by atoms with Crippen LogP contribution in [0.1, 0.15) is 31.7 Å². The van der Waals surface area contributed by atoms with Gasteiger partial charge < -0.3 is 10.1 Å². The second-order valence-electron chi connectivity index (χ2n) is 4.87. The first-order chi connectivity index (χ1) is 9.29. The lowest BCUT2D eigenvalue weighted by atomic mass is 10.2. The number of carbonyl (C=O) groups excluding carboxylic acids is 1. The molecule has 1 aliphatic rings. The first kappa shape index (κ1) is 13.9. The van der Waals surface area contributed by atoms with Gasteiger partial charge in [0.25, 0.3) is 0 Å². The lowest BCUT2D eigenvalue weighted by Gasteiger charge is -2.26. The summed E-state index contributed by atoms with van der Waals surface area (Å²) in [7, 11) is 0. The highest BCUT2D eigenvalue weighted by Gasteiger charge is 2.22. The van der Waals surface area contributed by atoms with Gasteiger partial charge in [0.05, 0.1) is 6.17 Å². The molecule has 4 nitrogen and oxygen atoms in total. The van der Waals surface area contributed by atoms with Crippen LogP contribution in [0.2, 0.25) is 0 Å². The SMILES string of the molecule is CC[C@@H](NC(=O)OCc1ccccc1)N1CCCC1. The molecule has 1 fully saturated rings. The molecule has 0 bridgehead atoms. The molecule has 0 unspecified atom stereocenters. The van der Waals surface area contributed by atoms with Crippen LogP contribution in [0.3, 0.4) is 0 Å². The van der Waals surface area contributed by atoms with Crippen molar-refractivity contribution in [3.05, 3.63) is 35.9 Å². The molecular weight excluding hydrogens is 240 g/mol. The third-order valence-corrected chi connectivity index (χ3v) is 3.47. The summed E-state index contributed by atoms with van der Waals surface area (Å²) in [6.45, 7) is 4.54. The van der Waals surface area contributed by atoms with E-state index < -0.39 is 0 Å². The molecule has 0 radical (unpaired) electrons. The minimum absolute atomic E-state index is 0.103. The van der Waals surface area contributed by atoms with Gasteiger partial charge in [-0.15, -0.1) is 0 Å². The first-order valence-electron chi connectivity index (χ1n) is 7.01. The number of alkyl carbamates (subject to hydrolysis) is 1. The molecule has 1 atom stereocenters. The highest BCUT2D eigenvalue weighted by atomic mass is 16.5. The molecule has 1 N–H and O–H groups in total. The van der Waals surface area contributed by atoms with E-state index in [0.717, 1.165) is 25.1 Å². The third-order valence-electron chi connectivity index (χ3n) is 3.47. The lowest BCUT2D eigenvalue weighted by Crippen LogP contribution is -2.46. The Hall–Kier alpha value is -1.55. The summed E-state index contributed by atoms with van der Waals surface area (Å²) in [6.07, 6.45) is 3.11.